The molecule has 0 fully saturated rings. The van der Waals surface area contributed by atoms with Crippen molar-refractivity contribution in [3.05, 3.63) is 59.7 Å². The number of rotatable bonds is 14. The van der Waals surface area contributed by atoms with Crippen LogP contribution in [0.4, 0.5) is 13.2 Å². The fourth-order valence-electron chi connectivity index (χ4n) is 3.67. The van der Waals surface area contributed by atoms with Gasteiger partial charge in [0.15, 0.2) is 0 Å². The Kier molecular flexibility index (Phi) is 11.6. The maximum atomic E-state index is 13.5. The van der Waals surface area contributed by atoms with E-state index in [1.807, 2.05) is 32.0 Å². The molecule has 0 aliphatic carbocycles. The number of halogens is 3. The molecule has 0 radical (unpaired) electrons. The molecule has 0 aliphatic rings. The summed E-state index contributed by atoms with van der Waals surface area (Å²) in [5.74, 6) is -0.939. The second-order valence-electron chi connectivity index (χ2n) is 9.60. The van der Waals surface area contributed by atoms with E-state index in [0.29, 0.717) is 6.07 Å². The lowest BCUT2D eigenvalue weighted by Gasteiger charge is -2.29. The van der Waals surface area contributed by atoms with E-state index in [1.165, 1.54) is 12.6 Å². The largest absolute Gasteiger partial charge is 0.468 e. The van der Waals surface area contributed by atoms with Crippen molar-refractivity contribution in [1.29, 1.82) is 0 Å². The summed E-state index contributed by atoms with van der Waals surface area (Å²) in [4.78, 5) is 10.8. The van der Waals surface area contributed by atoms with Crippen LogP contribution in [0, 0.1) is 0 Å². The molecule has 38 heavy (non-hydrogen) atoms. The number of ether oxygens (including phenoxy) is 1. The number of carbonyl (C=O) groups is 1. The lowest BCUT2D eigenvalue weighted by molar-refractivity contribution is -0.138. The van der Waals surface area contributed by atoms with Crippen LogP contribution in [0.25, 0.3) is 0 Å². The van der Waals surface area contributed by atoms with E-state index in [9.17, 15) is 31.5 Å². The number of nitrogens with zero attached hydrogens (tertiary/aromatic N) is 1. The van der Waals surface area contributed by atoms with Gasteiger partial charge in [0.1, 0.15) is 0 Å². The number of hydrogen-bond donors (Lipinski definition) is 2. The maximum absolute atomic E-state index is 13.5. The standard InChI is InChI=1S/C26H35F3N2O5S2/c1-25(2,12-8-11-19-9-6-5-7-10-19)30-16-21(32)17-31(3)38(34,35)23-14-20(26(27,28)29)13-22(15-23)37-18-24(33)36-4/h5-7,9-10,13-15,21,30,32H,8,11-12,16-18H2,1-4H3/t21-/m1/s1. The molecular weight excluding hydrogens is 541 g/mol. The number of methoxy groups -OCH3 is 1. The van der Waals surface area contributed by atoms with Crippen LogP contribution in [0.5, 0.6) is 0 Å². The number of aryl methyl sites for hydroxylation is 1. The van der Waals surface area contributed by atoms with E-state index in [2.05, 4.69) is 22.2 Å². The molecule has 2 aromatic carbocycles. The summed E-state index contributed by atoms with van der Waals surface area (Å²) in [7, 11) is -2.02. The molecule has 7 nitrogen and oxygen atoms in total. The third-order valence-corrected chi connectivity index (χ3v) is 8.64. The molecule has 212 valence electrons. The number of sulfonamides is 1. The Bertz CT molecular complexity index is 1160. The van der Waals surface area contributed by atoms with Crippen molar-refractivity contribution in [2.75, 3.05) is 33.0 Å². The Hall–Kier alpha value is -2.12. The molecule has 0 aliphatic heterocycles. The first-order chi connectivity index (χ1) is 17.6. The number of likely N-dealkylation sites (N-methyl/N-ethyl adjacent to an activating group) is 1. The fraction of sp³-hybridized carbons (Fsp3) is 0.500. The van der Waals surface area contributed by atoms with Gasteiger partial charge < -0.3 is 15.2 Å². The Morgan fingerprint density at radius 2 is 1.82 bits per heavy atom. The van der Waals surface area contributed by atoms with Crippen LogP contribution >= 0.6 is 11.8 Å². The summed E-state index contributed by atoms with van der Waals surface area (Å²) >= 11 is 0.738. The van der Waals surface area contributed by atoms with Crippen molar-refractivity contribution in [1.82, 2.24) is 9.62 Å². The number of carbonyl (C=O) groups excluding carboxylic acids is 1. The summed E-state index contributed by atoms with van der Waals surface area (Å²) in [5, 5.41) is 13.7. The first kappa shape index (κ1) is 32.1. The van der Waals surface area contributed by atoms with Crippen molar-refractivity contribution in [2.24, 2.45) is 0 Å². The number of thioether (sulfide) groups is 1. The van der Waals surface area contributed by atoms with E-state index >= 15 is 0 Å². The number of alkyl halides is 3. The third kappa shape index (κ3) is 10.2. The van der Waals surface area contributed by atoms with Crippen LogP contribution in [0.2, 0.25) is 0 Å². The van der Waals surface area contributed by atoms with Gasteiger partial charge in [-0.1, -0.05) is 30.3 Å². The van der Waals surface area contributed by atoms with E-state index < -0.39 is 38.7 Å². The highest BCUT2D eigenvalue weighted by Gasteiger charge is 2.34. The first-order valence-corrected chi connectivity index (χ1v) is 14.4. The summed E-state index contributed by atoms with van der Waals surface area (Å²) in [6.45, 7) is 3.75. The lowest BCUT2D eigenvalue weighted by Crippen LogP contribution is -2.46. The highest BCUT2D eigenvalue weighted by Crippen LogP contribution is 2.35. The predicted octanol–water partition coefficient (Wildman–Crippen LogP) is 4.34. The number of aliphatic hydroxyl groups excluding tert-OH is 1. The van der Waals surface area contributed by atoms with Crippen LogP contribution < -0.4 is 5.32 Å². The highest BCUT2D eigenvalue weighted by molar-refractivity contribution is 8.00. The highest BCUT2D eigenvalue weighted by atomic mass is 32.2. The molecule has 0 aromatic heterocycles. The van der Waals surface area contributed by atoms with Crippen molar-refractivity contribution in [2.45, 2.75) is 60.7 Å². The van der Waals surface area contributed by atoms with E-state index in [0.717, 1.165) is 54.6 Å². The minimum Gasteiger partial charge on any atom is -0.468 e. The van der Waals surface area contributed by atoms with Gasteiger partial charge in [0.05, 0.1) is 29.4 Å². The van der Waals surface area contributed by atoms with Crippen molar-refractivity contribution < 1.29 is 36.2 Å². The van der Waals surface area contributed by atoms with Gasteiger partial charge >= 0.3 is 12.1 Å². The van der Waals surface area contributed by atoms with Crippen LogP contribution in [0.3, 0.4) is 0 Å². The summed E-state index contributed by atoms with van der Waals surface area (Å²) < 4.78 is 71.9. The topological polar surface area (TPSA) is 95.9 Å². The number of esters is 1. The normalized spacial score (nSPS) is 13.5. The molecule has 2 rings (SSSR count). The van der Waals surface area contributed by atoms with E-state index in [4.69, 9.17) is 0 Å². The smallest absolute Gasteiger partial charge is 0.416 e. The molecule has 0 heterocycles. The quantitative estimate of drug-likeness (QED) is 0.255. The zero-order chi connectivity index (χ0) is 28.6. The number of hydrogen-bond acceptors (Lipinski definition) is 7. The third-order valence-electron chi connectivity index (χ3n) is 5.89. The molecule has 0 unspecified atom stereocenters. The monoisotopic (exact) mass is 576 g/mol. The first-order valence-electron chi connectivity index (χ1n) is 12.0. The van der Waals surface area contributed by atoms with Crippen molar-refractivity contribution >= 4 is 27.8 Å². The van der Waals surface area contributed by atoms with Crippen LogP contribution in [0.15, 0.2) is 58.3 Å². The molecule has 0 bridgehead atoms. The van der Waals surface area contributed by atoms with Gasteiger partial charge in [-0.2, -0.15) is 17.5 Å². The van der Waals surface area contributed by atoms with Gasteiger partial charge in [0.25, 0.3) is 0 Å². The zero-order valence-electron chi connectivity index (χ0n) is 21.9. The number of benzene rings is 2. The summed E-state index contributed by atoms with van der Waals surface area (Å²) in [5.41, 5.74) is -0.240. The van der Waals surface area contributed by atoms with Crippen LogP contribution in [-0.2, 0) is 32.2 Å². The van der Waals surface area contributed by atoms with Crippen LogP contribution in [-0.4, -0.2) is 68.4 Å². The Morgan fingerprint density at radius 3 is 2.42 bits per heavy atom. The summed E-state index contributed by atoms with van der Waals surface area (Å²) in [6, 6.07) is 12.5. The Morgan fingerprint density at radius 1 is 1.16 bits per heavy atom. The Balaban J connectivity index is 2.02. The van der Waals surface area contributed by atoms with Gasteiger partial charge in [-0.15, -0.1) is 11.8 Å². The van der Waals surface area contributed by atoms with Gasteiger partial charge in [-0.3, -0.25) is 4.79 Å². The molecule has 0 saturated carbocycles. The van der Waals surface area contributed by atoms with Gasteiger partial charge in [-0.25, -0.2) is 8.42 Å². The Labute approximate surface area is 226 Å². The molecular formula is C26H35F3N2O5S2. The fourth-order valence-corrected chi connectivity index (χ4v) is 5.85. The molecule has 2 aromatic rings. The zero-order valence-corrected chi connectivity index (χ0v) is 23.5. The van der Waals surface area contributed by atoms with Crippen molar-refractivity contribution in [3.8, 4) is 0 Å². The molecule has 0 saturated heterocycles. The number of β-amino-alcohol motifs (C(OH)–C–C–N with tert-alkyl or cyclic N) is 1. The van der Waals surface area contributed by atoms with Crippen LogP contribution in [0.1, 0.15) is 37.8 Å². The maximum Gasteiger partial charge on any atom is 0.416 e. The minimum atomic E-state index is -4.79. The lowest BCUT2D eigenvalue weighted by atomic mass is 9.95. The van der Waals surface area contributed by atoms with Gasteiger partial charge in [-0.05, 0) is 56.9 Å². The molecule has 12 heteroatoms. The average molecular weight is 577 g/mol. The second kappa shape index (κ2) is 13.8. The summed E-state index contributed by atoms with van der Waals surface area (Å²) in [6.07, 6.45) is -3.24. The minimum absolute atomic E-state index is 0.0448. The van der Waals surface area contributed by atoms with Gasteiger partial charge in [0.2, 0.25) is 10.0 Å². The van der Waals surface area contributed by atoms with Gasteiger partial charge in [0, 0.05) is 30.6 Å². The average Bonchev–Trinajstić information content (AvgIpc) is 2.86. The number of nitrogens with one attached hydrogen (secondary N) is 1. The second-order valence-corrected chi connectivity index (χ2v) is 12.7. The number of aliphatic hydroxyl groups is 1. The molecule has 0 spiro atoms. The van der Waals surface area contributed by atoms with Crippen molar-refractivity contribution in [3.63, 3.8) is 0 Å². The molecule has 2 N–H and O–H groups in total. The van der Waals surface area contributed by atoms with E-state index in [-0.39, 0.29) is 29.3 Å². The SMILES string of the molecule is COC(=O)CSc1cc(C(F)(F)F)cc(S(=O)(=O)N(C)C[C@H](O)CNC(C)(C)CCCc2ccccc2)c1. The van der Waals surface area contributed by atoms with E-state index in [1.54, 1.807) is 0 Å². The molecule has 1 atom stereocenters. The molecule has 0 amide bonds. The predicted molar refractivity (Wildman–Crippen MR) is 141 cm³/mol.